The molecule has 0 bridgehead atoms. The lowest BCUT2D eigenvalue weighted by Crippen LogP contribution is -2.35. The zero-order chi connectivity index (χ0) is 17.5. The molecule has 1 heterocycles. The Morgan fingerprint density at radius 2 is 2.00 bits per heavy atom. The summed E-state index contributed by atoms with van der Waals surface area (Å²) in [5.41, 5.74) is 0.968. The number of hydrogen-bond acceptors (Lipinski definition) is 3. The number of benzene rings is 1. The zero-order valence-electron chi connectivity index (χ0n) is 13.3. The third-order valence-electron chi connectivity index (χ3n) is 3.99. The molecule has 2 amide bonds. The molecule has 0 aromatic heterocycles. The van der Waals surface area contributed by atoms with Crippen molar-refractivity contribution in [3.63, 3.8) is 0 Å². The lowest BCUT2D eigenvalue weighted by molar-refractivity contribution is -0.137. The summed E-state index contributed by atoms with van der Waals surface area (Å²) < 4.78 is 13.3. The topological polar surface area (TPSA) is 95.5 Å². The highest BCUT2D eigenvalue weighted by Crippen LogP contribution is 2.32. The minimum absolute atomic E-state index is 0.0447. The predicted molar refractivity (Wildman–Crippen MR) is 86.1 cm³/mol. The van der Waals surface area contributed by atoms with Crippen molar-refractivity contribution < 1.29 is 23.9 Å². The van der Waals surface area contributed by atoms with Gasteiger partial charge in [-0.2, -0.15) is 0 Å². The van der Waals surface area contributed by atoms with Crippen LogP contribution in [0.1, 0.15) is 50.0 Å². The highest BCUT2D eigenvalue weighted by atomic mass is 19.1. The minimum Gasteiger partial charge on any atom is -0.481 e. The first-order chi connectivity index (χ1) is 11.5. The molecule has 24 heavy (non-hydrogen) atoms. The number of unbranched alkanes of at least 4 members (excludes halogenated alkanes) is 3. The van der Waals surface area contributed by atoms with Gasteiger partial charge in [0.15, 0.2) is 0 Å². The van der Waals surface area contributed by atoms with Crippen LogP contribution in [0, 0.1) is 5.82 Å². The molecule has 2 rings (SSSR count). The van der Waals surface area contributed by atoms with Crippen LogP contribution in [-0.2, 0) is 14.4 Å². The molecule has 1 aliphatic rings. The Morgan fingerprint density at radius 3 is 2.75 bits per heavy atom. The van der Waals surface area contributed by atoms with Crippen molar-refractivity contribution in [1.82, 2.24) is 5.32 Å². The average molecular weight is 336 g/mol. The van der Waals surface area contributed by atoms with Gasteiger partial charge in [-0.15, -0.1) is 0 Å². The van der Waals surface area contributed by atoms with Crippen LogP contribution in [0.3, 0.4) is 0 Å². The monoisotopic (exact) mass is 336 g/mol. The molecule has 0 spiro atoms. The van der Waals surface area contributed by atoms with Crippen LogP contribution < -0.4 is 10.6 Å². The van der Waals surface area contributed by atoms with Crippen molar-refractivity contribution in [3.8, 4) is 0 Å². The second-order valence-electron chi connectivity index (χ2n) is 5.89. The van der Waals surface area contributed by atoms with E-state index < -0.39 is 17.7 Å². The number of rotatable bonds is 8. The summed E-state index contributed by atoms with van der Waals surface area (Å²) in [5, 5.41) is 13.9. The molecule has 1 aliphatic heterocycles. The molecular weight excluding hydrogens is 315 g/mol. The lowest BCUT2D eigenvalue weighted by atomic mass is 9.89. The number of fused-ring (bicyclic) bond motifs is 1. The Balaban J connectivity index is 1.81. The number of hydrogen-bond donors (Lipinski definition) is 3. The van der Waals surface area contributed by atoms with Gasteiger partial charge in [0.05, 0.1) is 5.92 Å². The summed E-state index contributed by atoms with van der Waals surface area (Å²) >= 11 is 0. The van der Waals surface area contributed by atoms with Crippen molar-refractivity contribution in [2.24, 2.45) is 0 Å². The first-order valence-corrected chi connectivity index (χ1v) is 8.06. The Hall–Kier alpha value is -2.44. The quantitative estimate of drug-likeness (QED) is 0.635. The maximum absolute atomic E-state index is 13.3. The highest BCUT2D eigenvalue weighted by Gasteiger charge is 2.30. The number of halogens is 1. The molecule has 1 unspecified atom stereocenters. The van der Waals surface area contributed by atoms with E-state index >= 15 is 0 Å². The SMILES string of the molecule is O=C(O)CCCCCCNC(=O)C1CC(=O)Nc2cc(F)ccc21. The van der Waals surface area contributed by atoms with Crippen LogP contribution in [0.15, 0.2) is 18.2 Å². The third-order valence-corrected chi connectivity index (χ3v) is 3.99. The van der Waals surface area contributed by atoms with Crippen molar-refractivity contribution in [2.45, 2.75) is 44.4 Å². The first kappa shape index (κ1) is 17.9. The second-order valence-corrected chi connectivity index (χ2v) is 5.89. The number of aliphatic carboxylic acids is 1. The van der Waals surface area contributed by atoms with Crippen LogP contribution in [0.25, 0.3) is 0 Å². The van der Waals surface area contributed by atoms with Crippen molar-refractivity contribution in [1.29, 1.82) is 0 Å². The Kier molecular flexibility index (Phi) is 6.28. The van der Waals surface area contributed by atoms with Gasteiger partial charge >= 0.3 is 5.97 Å². The summed E-state index contributed by atoms with van der Waals surface area (Å²) in [5.74, 6) is -2.42. The molecule has 1 aromatic rings. The predicted octanol–water partition coefficient (Wildman–Crippen LogP) is 2.40. The molecule has 7 heteroatoms. The van der Waals surface area contributed by atoms with Gasteiger partial charge in [-0.1, -0.05) is 18.9 Å². The molecule has 0 saturated heterocycles. The fraction of sp³-hybridized carbons (Fsp3) is 0.471. The Labute approximate surface area is 139 Å². The van der Waals surface area contributed by atoms with E-state index in [-0.39, 0.29) is 24.7 Å². The third kappa shape index (κ3) is 5.04. The van der Waals surface area contributed by atoms with Gasteiger partial charge in [-0.25, -0.2) is 4.39 Å². The van der Waals surface area contributed by atoms with Gasteiger partial charge in [0.25, 0.3) is 0 Å². The van der Waals surface area contributed by atoms with E-state index in [9.17, 15) is 18.8 Å². The van der Waals surface area contributed by atoms with E-state index in [1.54, 1.807) is 0 Å². The van der Waals surface area contributed by atoms with Gasteiger partial charge in [0, 0.05) is 25.1 Å². The Morgan fingerprint density at radius 1 is 1.25 bits per heavy atom. The van der Waals surface area contributed by atoms with E-state index in [2.05, 4.69) is 10.6 Å². The number of carbonyl (C=O) groups excluding carboxylic acids is 2. The van der Waals surface area contributed by atoms with Crippen LogP contribution in [-0.4, -0.2) is 29.4 Å². The standard InChI is InChI=1S/C17H21FN2O4/c18-11-6-7-12-13(10-15(21)20-14(12)9-11)17(24)19-8-4-2-1-3-5-16(22)23/h6-7,9,13H,1-5,8,10H2,(H,19,24)(H,20,21)(H,22,23). The molecule has 0 saturated carbocycles. The highest BCUT2D eigenvalue weighted by molar-refractivity contribution is 6.01. The summed E-state index contributed by atoms with van der Waals surface area (Å²) in [6.45, 7) is 0.473. The Bertz CT molecular complexity index is 633. The molecule has 3 N–H and O–H groups in total. The van der Waals surface area contributed by atoms with Crippen LogP contribution in [0.4, 0.5) is 10.1 Å². The number of carbonyl (C=O) groups is 3. The fourth-order valence-corrected chi connectivity index (χ4v) is 2.76. The number of amides is 2. The van der Waals surface area contributed by atoms with E-state index in [1.165, 1.54) is 18.2 Å². The van der Waals surface area contributed by atoms with Crippen molar-refractivity contribution in [3.05, 3.63) is 29.6 Å². The summed E-state index contributed by atoms with van der Waals surface area (Å²) in [6, 6.07) is 4.02. The zero-order valence-corrected chi connectivity index (χ0v) is 13.3. The molecule has 6 nitrogen and oxygen atoms in total. The largest absolute Gasteiger partial charge is 0.481 e. The van der Waals surface area contributed by atoms with Crippen molar-refractivity contribution >= 4 is 23.5 Å². The summed E-state index contributed by atoms with van der Waals surface area (Å²) in [6.07, 6.45) is 3.22. The fourth-order valence-electron chi connectivity index (χ4n) is 2.76. The van der Waals surface area contributed by atoms with E-state index in [1.807, 2.05) is 0 Å². The number of nitrogens with one attached hydrogen (secondary N) is 2. The molecule has 130 valence electrons. The lowest BCUT2D eigenvalue weighted by Gasteiger charge is -2.24. The molecule has 0 radical (unpaired) electrons. The number of carboxylic acids is 1. The van der Waals surface area contributed by atoms with Crippen LogP contribution >= 0.6 is 0 Å². The number of carboxylic acid groups (broad SMARTS) is 1. The normalized spacial score (nSPS) is 16.2. The smallest absolute Gasteiger partial charge is 0.303 e. The van der Waals surface area contributed by atoms with E-state index in [4.69, 9.17) is 5.11 Å². The summed E-state index contributed by atoms with van der Waals surface area (Å²) in [4.78, 5) is 34.4. The molecule has 0 aliphatic carbocycles. The second kappa shape index (κ2) is 8.42. The van der Waals surface area contributed by atoms with Gasteiger partial charge in [0.2, 0.25) is 11.8 Å². The van der Waals surface area contributed by atoms with Gasteiger partial charge < -0.3 is 15.7 Å². The van der Waals surface area contributed by atoms with E-state index in [0.717, 1.165) is 19.3 Å². The average Bonchev–Trinajstić information content (AvgIpc) is 2.52. The van der Waals surface area contributed by atoms with Gasteiger partial charge in [-0.05, 0) is 30.5 Å². The van der Waals surface area contributed by atoms with Crippen LogP contribution in [0.5, 0.6) is 0 Å². The number of anilines is 1. The minimum atomic E-state index is -0.797. The van der Waals surface area contributed by atoms with E-state index in [0.29, 0.717) is 24.2 Å². The summed E-state index contributed by atoms with van der Waals surface area (Å²) in [7, 11) is 0. The maximum Gasteiger partial charge on any atom is 0.303 e. The van der Waals surface area contributed by atoms with Crippen LogP contribution in [0.2, 0.25) is 0 Å². The molecule has 1 atom stereocenters. The molecule has 0 fully saturated rings. The van der Waals surface area contributed by atoms with Gasteiger partial charge in [0.1, 0.15) is 5.82 Å². The first-order valence-electron chi connectivity index (χ1n) is 8.06. The molecule has 1 aromatic carbocycles. The van der Waals surface area contributed by atoms with Crippen molar-refractivity contribution in [2.75, 3.05) is 11.9 Å². The molecular formula is C17H21FN2O4. The van der Waals surface area contributed by atoms with Gasteiger partial charge in [-0.3, -0.25) is 14.4 Å². The maximum atomic E-state index is 13.3.